The smallest absolute Gasteiger partial charge is 0.409 e. The Hall–Kier alpha value is -4.12. The molecule has 0 bridgehead atoms. The molecule has 3 N–H and O–H groups in total. The quantitative estimate of drug-likeness (QED) is 0.192. The van der Waals surface area contributed by atoms with Crippen molar-refractivity contribution in [1.29, 1.82) is 0 Å². The molecule has 2 aromatic heterocycles. The molecule has 2 aromatic carbocycles. The summed E-state index contributed by atoms with van der Waals surface area (Å²) in [6.45, 7) is 5.42. The molecule has 4 aromatic rings. The minimum Gasteiger partial charge on any atom is -0.460 e. The van der Waals surface area contributed by atoms with Crippen molar-refractivity contribution in [2.24, 2.45) is 0 Å². The Balaban J connectivity index is 1.59. The number of esters is 1. The van der Waals surface area contributed by atoms with E-state index in [1.165, 1.54) is 24.4 Å². The maximum atomic E-state index is 12.7. The van der Waals surface area contributed by atoms with E-state index in [2.05, 4.69) is 20.3 Å². The van der Waals surface area contributed by atoms with Crippen LogP contribution in [0.5, 0.6) is 0 Å². The predicted molar refractivity (Wildman–Crippen MR) is 140 cm³/mol. The molecule has 0 fully saturated rings. The SMILES string of the molecule is CC(C)(C)OC(=O)CC(NC(=O)OCc1ccccc1)n1cnc2c(Sc3cccc(N)c3)ncnc21. The first-order valence-corrected chi connectivity index (χ1v) is 12.4. The lowest BCUT2D eigenvalue weighted by Crippen LogP contribution is -2.36. The zero-order valence-electron chi connectivity index (χ0n) is 20.7. The first kappa shape index (κ1) is 26.0. The van der Waals surface area contributed by atoms with Gasteiger partial charge in [-0.15, -0.1) is 0 Å². The van der Waals surface area contributed by atoms with E-state index in [-0.39, 0.29) is 13.0 Å². The molecule has 37 heavy (non-hydrogen) atoms. The van der Waals surface area contributed by atoms with Crippen LogP contribution in [0.1, 0.15) is 38.9 Å². The standard InChI is InChI=1S/C26H28N6O4S/c1-26(2,3)36-21(33)13-20(31-25(34)35-14-17-8-5-4-6-9-17)32-16-30-22-23(32)28-15-29-24(22)37-19-11-7-10-18(27)12-19/h4-12,15-16,20H,13-14,27H2,1-3H3,(H,31,34). The third-order valence-electron chi connectivity index (χ3n) is 5.01. The van der Waals surface area contributed by atoms with Crippen molar-refractivity contribution in [2.45, 2.75) is 55.5 Å². The molecule has 2 heterocycles. The number of nitrogens with one attached hydrogen (secondary N) is 1. The summed E-state index contributed by atoms with van der Waals surface area (Å²) in [5.74, 6) is -0.494. The number of fused-ring (bicyclic) bond motifs is 1. The molecule has 1 amide bonds. The molecule has 192 valence electrons. The second kappa shape index (κ2) is 11.3. The van der Waals surface area contributed by atoms with E-state index in [4.69, 9.17) is 15.2 Å². The number of carbonyl (C=O) groups is 2. The van der Waals surface area contributed by atoms with Gasteiger partial charge in [-0.25, -0.2) is 19.7 Å². The highest BCUT2D eigenvalue weighted by molar-refractivity contribution is 7.99. The molecule has 1 atom stereocenters. The topological polar surface area (TPSA) is 134 Å². The van der Waals surface area contributed by atoms with Crippen molar-refractivity contribution in [3.63, 3.8) is 0 Å². The van der Waals surface area contributed by atoms with Gasteiger partial charge in [-0.2, -0.15) is 0 Å². The molecule has 0 saturated heterocycles. The fourth-order valence-electron chi connectivity index (χ4n) is 3.48. The van der Waals surface area contributed by atoms with Gasteiger partial charge >= 0.3 is 12.1 Å². The predicted octanol–water partition coefficient (Wildman–Crippen LogP) is 4.72. The number of anilines is 1. The molecule has 1 unspecified atom stereocenters. The third kappa shape index (κ3) is 7.20. The highest BCUT2D eigenvalue weighted by atomic mass is 32.2. The molecule has 4 rings (SSSR count). The van der Waals surface area contributed by atoms with Crippen LogP contribution < -0.4 is 11.1 Å². The van der Waals surface area contributed by atoms with Gasteiger partial charge in [-0.05, 0) is 44.5 Å². The van der Waals surface area contributed by atoms with Crippen LogP contribution in [0.25, 0.3) is 11.2 Å². The average Bonchev–Trinajstić information content (AvgIpc) is 3.27. The van der Waals surface area contributed by atoms with Crippen LogP contribution in [-0.4, -0.2) is 37.2 Å². The van der Waals surface area contributed by atoms with Gasteiger partial charge in [0.15, 0.2) is 5.65 Å². The lowest BCUT2D eigenvalue weighted by atomic mass is 10.2. The van der Waals surface area contributed by atoms with E-state index in [9.17, 15) is 9.59 Å². The number of benzene rings is 2. The van der Waals surface area contributed by atoms with E-state index in [0.29, 0.717) is 21.9 Å². The highest BCUT2D eigenvalue weighted by Crippen LogP contribution is 2.32. The molecule has 0 aliphatic rings. The Morgan fingerprint density at radius 2 is 1.86 bits per heavy atom. The first-order chi connectivity index (χ1) is 17.7. The van der Waals surface area contributed by atoms with Crippen LogP contribution in [0.15, 0.2) is 77.2 Å². The monoisotopic (exact) mass is 520 g/mol. The Kier molecular flexibility index (Phi) is 7.92. The fourth-order valence-corrected chi connectivity index (χ4v) is 4.39. The number of ether oxygens (including phenoxy) is 2. The van der Waals surface area contributed by atoms with Crippen molar-refractivity contribution >= 4 is 40.7 Å². The number of hydrogen-bond acceptors (Lipinski definition) is 9. The largest absolute Gasteiger partial charge is 0.460 e. The van der Waals surface area contributed by atoms with Crippen LogP contribution in [0.4, 0.5) is 10.5 Å². The lowest BCUT2D eigenvalue weighted by Gasteiger charge is -2.23. The molecular formula is C26H28N6O4S. The molecule has 10 nitrogen and oxygen atoms in total. The number of imidazole rings is 1. The first-order valence-electron chi connectivity index (χ1n) is 11.6. The van der Waals surface area contributed by atoms with E-state index in [1.54, 1.807) is 31.4 Å². The van der Waals surface area contributed by atoms with Crippen molar-refractivity contribution in [3.8, 4) is 0 Å². The summed E-state index contributed by atoms with van der Waals surface area (Å²) in [5.41, 5.74) is 7.65. The third-order valence-corrected chi connectivity index (χ3v) is 5.99. The highest BCUT2D eigenvalue weighted by Gasteiger charge is 2.26. The number of amides is 1. The van der Waals surface area contributed by atoms with Crippen LogP contribution >= 0.6 is 11.8 Å². The maximum absolute atomic E-state index is 12.7. The second-order valence-electron chi connectivity index (χ2n) is 9.19. The van der Waals surface area contributed by atoms with Gasteiger partial charge in [0.05, 0.1) is 12.7 Å². The van der Waals surface area contributed by atoms with E-state index < -0.39 is 23.8 Å². The van der Waals surface area contributed by atoms with Crippen molar-refractivity contribution in [3.05, 3.63) is 72.8 Å². The van der Waals surface area contributed by atoms with Gasteiger partial charge < -0.3 is 20.5 Å². The maximum Gasteiger partial charge on any atom is 0.409 e. The van der Waals surface area contributed by atoms with Gasteiger partial charge in [0.1, 0.15) is 35.2 Å². The summed E-state index contributed by atoms with van der Waals surface area (Å²) < 4.78 is 12.5. The van der Waals surface area contributed by atoms with E-state index >= 15 is 0 Å². The summed E-state index contributed by atoms with van der Waals surface area (Å²) in [6.07, 6.45) is 1.21. The number of hydrogen-bond donors (Lipinski definition) is 2. The molecule has 0 saturated carbocycles. The molecule has 0 aliphatic heterocycles. The zero-order valence-corrected chi connectivity index (χ0v) is 21.6. The minimum absolute atomic E-state index is 0.0830. The lowest BCUT2D eigenvalue weighted by molar-refractivity contribution is -0.155. The molecule has 0 radical (unpaired) electrons. The molecular weight excluding hydrogens is 492 g/mol. The molecule has 11 heteroatoms. The van der Waals surface area contributed by atoms with Crippen molar-refractivity contribution < 1.29 is 19.1 Å². The Bertz CT molecular complexity index is 1390. The van der Waals surface area contributed by atoms with Crippen LogP contribution in [-0.2, 0) is 20.9 Å². The average molecular weight is 521 g/mol. The summed E-state index contributed by atoms with van der Waals surface area (Å²) >= 11 is 1.39. The summed E-state index contributed by atoms with van der Waals surface area (Å²) in [4.78, 5) is 39.5. The van der Waals surface area contributed by atoms with Crippen LogP contribution in [0.2, 0.25) is 0 Å². The fraction of sp³-hybridized carbons (Fsp3) is 0.269. The van der Waals surface area contributed by atoms with E-state index in [0.717, 1.165) is 10.5 Å². The number of nitrogens with two attached hydrogens (primary N) is 1. The Morgan fingerprint density at radius 1 is 1.08 bits per heavy atom. The van der Waals surface area contributed by atoms with Gasteiger partial charge in [0.2, 0.25) is 0 Å². The molecule has 0 aliphatic carbocycles. The van der Waals surface area contributed by atoms with E-state index in [1.807, 2.05) is 48.5 Å². The number of nitrogens with zero attached hydrogens (tertiary/aromatic N) is 4. The second-order valence-corrected chi connectivity index (χ2v) is 10.3. The van der Waals surface area contributed by atoms with Crippen molar-refractivity contribution in [1.82, 2.24) is 24.8 Å². The number of rotatable bonds is 8. The molecule has 0 spiro atoms. The minimum atomic E-state index is -0.858. The van der Waals surface area contributed by atoms with Gasteiger partial charge in [-0.3, -0.25) is 9.36 Å². The van der Waals surface area contributed by atoms with Gasteiger partial charge in [-0.1, -0.05) is 48.2 Å². The number of nitrogen functional groups attached to an aromatic ring is 1. The van der Waals surface area contributed by atoms with Crippen LogP contribution in [0, 0.1) is 0 Å². The number of aromatic nitrogens is 4. The summed E-state index contributed by atoms with van der Waals surface area (Å²) in [6, 6.07) is 16.7. The van der Waals surface area contributed by atoms with Crippen molar-refractivity contribution in [2.75, 3.05) is 5.73 Å². The zero-order chi connectivity index (χ0) is 26.4. The van der Waals surface area contributed by atoms with Gasteiger partial charge in [0.25, 0.3) is 0 Å². The Labute approximate surface area is 218 Å². The van der Waals surface area contributed by atoms with Gasteiger partial charge in [0, 0.05) is 10.6 Å². The summed E-state index contributed by atoms with van der Waals surface area (Å²) in [7, 11) is 0. The van der Waals surface area contributed by atoms with Crippen LogP contribution in [0.3, 0.4) is 0 Å². The number of carbonyl (C=O) groups excluding carboxylic acids is 2. The Morgan fingerprint density at radius 3 is 2.59 bits per heavy atom. The number of alkyl carbamates (subject to hydrolysis) is 1. The normalized spacial score (nSPS) is 12.2. The summed E-state index contributed by atoms with van der Waals surface area (Å²) in [5, 5.41) is 3.36.